The molecule has 2 heterocycles. The summed E-state index contributed by atoms with van der Waals surface area (Å²) >= 11 is 0. The molecule has 0 unspecified atom stereocenters. The average Bonchev–Trinajstić information content (AvgIpc) is 2.45. The SMILES string of the molecule is CN1C(=O)[C@H]2CCN(CCN)C[C@@H]2C1=O. The van der Waals surface area contributed by atoms with Crippen LogP contribution in [0.1, 0.15) is 6.42 Å². The maximum absolute atomic E-state index is 11.7. The van der Waals surface area contributed by atoms with Crippen molar-refractivity contribution >= 4 is 11.8 Å². The number of fused-ring (bicyclic) bond motifs is 1. The van der Waals surface area contributed by atoms with Gasteiger partial charge in [0.1, 0.15) is 0 Å². The molecule has 5 heteroatoms. The minimum Gasteiger partial charge on any atom is -0.329 e. The first-order chi connectivity index (χ1) is 7.15. The normalized spacial score (nSPS) is 32.3. The number of likely N-dealkylation sites (tertiary alicyclic amines) is 2. The van der Waals surface area contributed by atoms with Crippen LogP contribution in [0, 0.1) is 11.8 Å². The van der Waals surface area contributed by atoms with Gasteiger partial charge in [0, 0.05) is 26.7 Å². The third kappa shape index (κ3) is 1.66. The molecule has 0 aromatic rings. The van der Waals surface area contributed by atoms with E-state index >= 15 is 0 Å². The van der Waals surface area contributed by atoms with Crippen LogP contribution in [0.15, 0.2) is 0 Å². The van der Waals surface area contributed by atoms with Crippen molar-refractivity contribution < 1.29 is 9.59 Å². The summed E-state index contributed by atoms with van der Waals surface area (Å²) in [6.45, 7) is 2.99. The quantitative estimate of drug-likeness (QED) is 0.588. The monoisotopic (exact) mass is 211 g/mol. The highest BCUT2D eigenvalue weighted by Gasteiger charge is 2.47. The van der Waals surface area contributed by atoms with Crippen LogP contribution >= 0.6 is 0 Å². The van der Waals surface area contributed by atoms with Gasteiger partial charge in [-0.25, -0.2) is 0 Å². The van der Waals surface area contributed by atoms with Gasteiger partial charge >= 0.3 is 0 Å². The van der Waals surface area contributed by atoms with Crippen molar-refractivity contribution in [1.82, 2.24) is 9.80 Å². The number of carbonyl (C=O) groups is 2. The minimum absolute atomic E-state index is 0.00241. The van der Waals surface area contributed by atoms with E-state index in [2.05, 4.69) is 4.90 Å². The summed E-state index contributed by atoms with van der Waals surface area (Å²) in [7, 11) is 1.58. The van der Waals surface area contributed by atoms with Crippen LogP contribution in [0.3, 0.4) is 0 Å². The summed E-state index contributed by atoms with van der Waals surface area (Å²) in [5.41, 5.74) is 5.48. The van der Waals surface area contributed by atoms with E-state index in [4.69, 9.17) is 5.73 Å². The average molecular weight is 211 g/mol. The zero-order chi connectivity index (χ0) is 11.0. The van der Waals surface area contributed by atoms with Gasteiger partial charge in [-0.2, -0.15) is 0 Å². The largest absolute Gasteiger partial charge is 0.329 e. The van der Waals surface area contributed by atoms with E-state index in [1.807, 2.05) is 0 Å². The molecular weight excluding hydrogens is 194 g/mol. The number of hydrogen-bond donors (Lipinski definition) is 1. The highest BCUT2D eigenvalue weighted by Crippen LogP contribution is 2.32. The maximum Gasteiger partial charge on any atom is 0.234 e. The Morgan fingerprint density at radius 2 is 2.00 bits per heavy atom. The number of piperidine rings is 1. The van der Waals surface area contributed by atoms with Crippen LogP contribution in [-0.2, 0) is 9.59 Å². The predicted molar refractivity (Wildman–Crippen MR) is 54.9 cm³/mol. The van der Waals surface area contributed by atoms with Crippen molar-refractivity contribution in [1.29, 1.82) is 0 Å². The third-order valence-electron chi connectivity index (χ3n) is 3.44. The first-order valence-electron chi connectivity index (χ1n) is 5.39. The van der Waals surface area contributed by atoms with Crippen LogP contribution in [0.2, 0.25) is 0 Å². The van der Waals surface area contributed by atoms with Crippen LogP contribution in [-0.4, -0.2) is 54.8 Å². The molecular formula is C10H17N3O2. The predicted octanol–water partition coefficient (Wildman–Crippen LogP) is -1.12. The van der Waals surface area contributed by atoms with E-state index in [-0.39, 0.29) is 23.7 Å². The molecule has 2 rings (SSSR count). The van der Waals surface area contributed by atoms with Crippen molar-refractivity contribution in [3.8, 4) is 0 Å². The summed E-state index contributed by atoms with van der Waals surface area (Å²) < 4.78 is 0. The lowest BCUT2D eigenvalue weighted by molar-refractivity contribution is -0.138. The highest BCUT2D eigenvalue weighted by atomic mass is 16.2. The Morgan fingerprint density at radius 1 is 1.33 bits per heavy atom. The second kappa shape index (κ2) is 3.90. The van der Waals surface area contributed by atoms with Crippen molar-refractivity contribution in [3.63, 3.8) is 0 Å². The molecule has 15 heavy (non-hydrogen) atoms. The van der Waals surface area contributed by atoms with E-state index < -0.39 is 0 Å². The molecule has 5 nitrogen and oxygen atoms in total. The Balaban J connectivity index is 2.08. The van der Waals surface area contributed by atoms with Crippen molar-refractivity contribution in [2.75, 3.05) is 33.2 Å². The lowest BCUT2D eigenvalue weighted by atomic mass is 9.88. The molecule has 0 aromatic heterocycles. The zero-order valence-corrected chi connectivity index (χ0v) is 8.98. The molecule has 0 aliphatic carbocycles. The van der Waals surface area contributed by atoms with Gasteiger partial charge in [0.25, 0.3) is 0 Å². The van der Waals surface area contributed by atoms with Crippen molar-refractivity contribution in [2.24, 2.45) is 17.6 Å². The summed E-state index contributed by atoms with van der Waals surface area (Å²) in [6, 6.07) is 0. The molecule has 0 radical (unpaired) electrons. The van der Waals surface area contributed by atoms with Gasteiger partial charge in [0.05, 0.1) is 11.8 Å². The lowest BCUT2D eigenvalue weighted by Gasteiger charge is -2.31. The first kappa shape index (κ1) is 10.6. The summed E-state index contributed by atoms with van der Waals surface area (Å²) in [5.74, 6) is -0.219. The van der Waals surface area contributed by atoms with E-state index in [0.29, 0.717) is 13.1 Å². The first-order valence-corrected chi connectivity index (χ1v) is 5.39. The molecule has 84 valence electrons. The molecule has 0 aromatic carbocycles. The fourth-order valence-corrected chi connectivity index (χ4v) is 2.56. The maximum atomic E-state index is 11.7. The molecule has 0 saturated carbocycles. The fourth-order valence-electron chi connectivity index (χ4n) is 2.56. The number of nitrogens with zero attached hydrogens (tertiary/aromatic N) is 2. The van der Waals surface area contributed by atoms with E-state index in [9.17, 15) is 9.59 Å². The number of carbonyl (C=O) groups excluding carboxylic acids is 2. The van der Waals surface area contributed by atoms with Gasteiger partial charge in [0.15, 0.2) is 0 Å². The minimum atomic E-state index is -0.122. The smallest absolute Gasteiger partial charge is 0.234 e. The molecule has 0 spiro atoms. The molecule has 2 aliphatic heterocycles. The number of amides is 2. The molecule has 2 fully saturated rings. The Bertz CT molecular complexity index is 292. The van der Waals surface area contributed by atoms with Crippen molar-refractivity contribution in [2.45, 2.75) is 6.42 Å². The molecule has 2 N–H and O–H groups in total. The Hall–Kier alpha value is -0.940. The number of hydrogen-bond acceptors (Lipinski definition) is 4. The number of nitrogens with two attached hydrogens (primary N) is 1. The van der Waals surface area contributed by atoms with Gasteiger partial charge in [-0.15, -0.1) is 0 Å². The Kier molecular flexibility index (Phi) is 2.75. The molecule has 2 aliphatic rings. The van der Waals surface area contributed by atoms with Gasteiger partial charge < -0.3 is 10.6 Å². The van der Waals surface area contributed by atoms with Crippen LogP contribution in [0.25, 0.3) is 0 Å². The fraction of sp³-hybridized carbons (Fsp3) is 0.800. The number of rotatable bonds is 2. The van der Waals surface area contributed by atoms with Crippen LogP contribution in [0.4, 0.5) is 0 Å². The molecule has 0 bridgehead atoms. The second-order valence-corrected chi connectivity index (χ2v) is 4.33. The highest BCUT2D eigenvalue weighted by molar-refractivity contribution is 6.05. The second-order valence-electron chi connectivity index (χ2n) is 4.33. The Labute approximate surface area is 89.2 Å². The van der Waals surface area contributed by atoms with Gasteiger partial charge in [-0.3, -0.25) is 14.5 Å². The van der Waals surface area contributed by atoms with Crippen molar-refractivity contribution in [3.05, 3.63) is 0 Å². The molecule has 2 atom stereocenters. The van der Waals surface area contributed by atoms with Gasteiger partial charge in [-0.05, 0) is 13.0 Å². The lowest BCUT2D eigenvalue weighted by Crippen LogP contribution is -2.43. The van der Waals surface area contributed by atoms with Gasteiger partial charge in [-0.1, -0.05) is 0 Å². The third-order valence-corrected chi connectivity index (χ3v) is 3.44. The van der Waals surface area contributed by atoms with Gasteiger partial charge in [0.2, 0.25) is 11.8 Å². The summed E-state index contributed by atoms with van der Waals surface area (Å²) in [5, 5.41) is 0. The molecule has 2 saturated heterocycles. The summed E-state index contributed by atoms with van der Waals surface area (Å²) in [6.07, 6.45) is 0.791. The van der Waals surface area contributed by atoms with E-state index in [0.717, 1.165) is 19.5 Å². The van der Waals surface area contributed by atoms with Crippen LogP contribution in [0.5, 0.6) is 0 Å². The topological polar surface area (TPSA) is 66.6 Å². The number of imide groups is 1. The van der Waals surface area contributed by atoms with Crippen LogP contribution < -0.4 is 5.73 Å². The summed E-state index contributed by atoms with van der Waals surface area (Å²) in [4.78, 5) is 26.9. The van der Waals surface area contributed by atoms with E-state index in [1.54, 1.807) is 7.05 Å². The zero-order valence-electron chi connectivity index (χ0n) is 8.98. The molecule has 2 amide bonds. The standard InChI is InChI=1S/C10H17N3O2/c1-12-9(14)7-2-4-13(5-3-11)6-8(7)10(12)15/h7-8H,2-6,11H2,1H3/t7-,8-/m0/s1. The van der Waals surface area contributed by atoms with E-state index in [1.165, 1.54) is 4.90 Å². The Morgan fingerprint density at radius 3 is 2.67 bits per heavy atom.